The topological polar surface area (TPSA) is 106 Å². The van der Waals surface area contributed by atoms with Gasteiger partial charge in [-0.3, -0.25) is 24.6 Å². The molecule has 0 radical (unpaired) electrons. The van der Waals surface area contributed by atoms with E-state index < -0.39 is 23.8 Å². The van der Waals surface area contributed by atoms with E-state index in [2.05, 4.69) is 10.3 Å². The van der Waals surface area contributed by atoms with Gasteiger partial charge in [0, 0.05) is 13.6 Å². The molecule has 1 aromatic heterocycles. The fourth-order valence-corrected chi connectivity index (χ4v) is 4.39. The first-order valence-electron chi connectivity index (χ1n) is 10.3. The molecule has 3 amide bonds. The van der Waals surface area contributed by atoms with Gasteiger partial charge in [0.2, 0.25) is 24.2 Å². The first-order chi connectivity index (χ1) is 14.4. The molecule has 2 atom stereocenters. The number of amides is 3. The average molecular weight is 421 g/mol. The van der Waals surface area contributed by atoms with Crippen LogP contribution >= 0.6 is 0 Å². The number of hydrazine groups is 1. The van der Waals surface area contributed by atoms with Crippen LogP contribution in [0, 0.1) is 17.8 Å². The Kier molecular flexibility index (Phi) is 7.33. The number of halogens is 1. The van der Waals surface area contributed by atoms with Crippen molar-refractivity contribution in [3.63, 3.8) is 0 Å². The molecule has 2 fully saturated rings. The molecule has 1 saturated heterocycles. The summed E-state index contributed by atoms with van der Waals surface area (Å²) < 4.78 is 13.3. The minimum absolute atomic E-state index is 0.0759. The third-order valence-electron chi connectivity index (χ3n) is 5.85. The number of nitrogens with zero attached hydrogens (tertiary/aromatic N) is 4. The molecule has 2 heterocycles. The van der Waals surface area contributed by atoms with E-state index in [1.54, 1.807) is 12.1 Å². The summed E-state index contributed by atoms with van der Waals surface area (Å²) in [7, 11) is 1.72. The number of hydrogen-bond acceptors (Lipinski definition) is 6. The van der Waals surface area contributed by atoms with Crippen LogP contribution in [0.5, 0.6) is 0 Å². The average Bonchev–Trinajstić information content (AvgIpc) is 3.36. The van der Waals surface area contributed by atoms with Crippen molar-refractivity contribution in [1.82, 2.24) is 20.1 Å². The van der Waals surface area contributed by atoms with Gasteiger partial charge in [-0.2, -0.15) is 4.39 Å². The molecule has 0 spiro atoms. The van der Waals surface area contributed by atoms with Crippen molar-refractivity contribution >= 4 is 24.0 Å². The summed E-state index contributed by atoms with van der Waals surface area (Å²) in [6.45, 7) is 0.371. The van der Waals surface area contributed by atoms with Gasteiger partial charge in [0.05, 0.1) is 12.5 Å². The van der Waals surface area contributed by atoms with Crippen LogP contribution in [0.15, 0.2) is 18.2 Å². The molecule has 164 valence electrons. The van der Waals surface area contributed by atoms with Gasteiger partial charge in [-0.25, -0.2) is 15.1 Å². The summed E-state index contributed by atoms with van der Waals surface area (Å²) >= 11 is 0. The van der Waals surface area contributed by atoms with Crippen LogP contribution in [0.3, 0.4) is 0 Å². The summed E-state index contributed by atoms with van der Waals surface area (Å²) in [5.74, 6) is -1.66. The lowest BCUT2D eigenvalue weighted by atomic mass is 9.92. The van der Waals surface area contributed by atoms with Gasteiger partial charge in [0.15, 0.2) is 0 Å². The molecular weight excluding hydrogens is 393 g/mol. The number of carbonyl (C=O) groups excluding carboxylic acids is 3. The molecule has 1 aliphatic heterocycles. The van der Waals surface area contributed by atoms with Crippen molar-refractivity contribution in [2.24, 2.45) is 11.8 Å². The third kappa shape index (κ3) is 5.31. The fraction of sp³-hybridized carbons (Fsp3) is 0.600. The van der Waals surface area contributed by atoms with Crippen LogP contribution in [0.4, 0.5) is 10.2 Å². The first kappa shape index (κ1) is 22.1. The van der Waals surface area contributed by atoms with Crippen LogP contribution in [0.2, 0.25) is 0 Å². The van der Waals surface area contributed by atoms with E-state index in [1.165, 1.54) is 23.2 Å². The molecule has 3 rings (SSSR count). The Morgan fingerprint density at radius 1 is 1.37 bits per heavy atom. The van der Waals surface area contributed by atoms with Crippen molar-refractivity contribution in [1.29, 1.82) is 0 Å². The second kappa shape index (κ2) is 9.94. The minimum Gasteiger partial charge on any atom is -0.309 e. The molecule has 30 heavy (non-hydrogen) atoms. The van der Waals surface area contributed by atoms with Gasteiger partial charge in [-0.1, -0.05) is 31.7 Å². The maximum Gasteiger partial charge on any atom is 0.250 e. The highest BCUT2D eigenvalue weighted by Crippen LogP contribution is 2.32. The zero-order valence-electron chi connectivity index (χ0n) is 17.0. The molecule has 1 aromatic rings. The summed E-state index contributed by atoms with van der Waals surface area (Å²) in [6, 6.07) is 3.31. The number of hydroxylamine groups is 2. The summed E-state index contributed by atoms with van der Waals surface area (Å²) in [6.07, 6.45) is 5.49. The smallest absolute Gasteiger partial charge is 0.250 e. The highest BCUT2D eigenvalue weighted by atomic mass is 19.1. The molecule has 0 aromatic carbocycles. The SMILES string of the molecule is CN1CC[C@@H](C(=O)Nc2cccc(F)n2)N1C(=O)[C@H](CC1CCCC1)CN(O)C=O. The molecule has 2 N–H and O–H groups in total. The highest BCUT2D eigenvalue weighted by molar-refractivity contribution is 5.97. The van der Waals surface area contributed by atoms with Crippen LogP contribution in [0.1, 0.15) is 38.5 Å². The van der Waals surface area contributed by atoms with Gasteiger partial charge in [-0.15, -0.1) is 0 Å². The van der Waals surface area contributed by atoms with Crippen molar-refractivity contribution in [3.05, 3.63) is 24.1 Å². The largest absolute Gasteiger partial charge is 0.309 e. The maximum atomic E-state index is 13.4. The molecule has 0 unspecified atom stereocenters. The third-order valence-corrected chi connectivity index (χ3v) is 5.85. The molecule has 10 heteroatoms. The molecule has 9 nitrogen and oxygen atoms in total. The zero-order chi connectivity index (χ0) is 21.7. The maximum absolute atomic E-state index is 13.4. The Bertz CT molecular complexity index is 773. The van der Waals surface area contributed by atoms with Crippen molar-refractivity contribution in [2.45, 2.75) is 44.6 Å². The van der Waals surface area contributed by atoms with Gasteiger partial charge >= 0.3 is 0 Å². The second-order valence-corrected chi connectivity index (χ2v) is 8.01. The number of rotatable bonds is 8. The summed E-state index contributed by atoms with van der Waals surface area (Å²) in [4.78, 5) is 40.8. The van der Waals surface area contributed by atoms with E-state index in [4.69, 9.17) is 0 Å². The second-order valence-electron chi connectivity index (χ2n) is 8.01. The van der Waals surface area contributed by atoms with Gasteiger partial charge in [-0.05, 0) is 30.9 Å². The lowest BCUT2D eigenvalue weighted by molar-refractivity contribution is -0.164. The minimum atomic E-state index is -0.776. The van der Waals surface area contributed by atoms with E-state index in [1.807, 2.05) is 0 Å². The zero-order valence-corrected chi connectivity index (χ0v) is 17.0. The van der Waals surface area contributed by atoms with Gasteiger partial charge < -0.3 is 5.32 Å². The van der Waals surface area contributed by atoms with E-state index in [0.29, 0.717) is 30.4 Å². The Labute approximate surface area is 174 Å². The Hall–Kier alpha value is -2.59. The molecule has 1 aliphatic carbocycles. The highest BCUT2D eigenvalue weighted by Gasteiger charge is 2.41. The quantitative estimate of drug-likeness (QED) is 0.286. The molecule has 1 saturated carbocycles. The number of nitrogens with one attached hydrogen (secondary N) is 1. The predicted octanol–water partition coefficient (Wildman–Crippen LogP) is 1.65. The number of hydrogen-bond donors (Lipinski definition) is 2. The van der Waals surface area contributed by atoms with Crippen LogP contribution in [0.25, 0.3) is 0 Å². The van der Waals surface area contributed by atoms with Gasteiger partial charge in [0.25, 0.3) is 0 Å². The standard InChI is InChI=1S/C20H28FN5O4/c1-24-10-9-16(19(28)23-18-8-4-7-17(21)22-18)26(24)20(29)15(12-25(30)13-27)11-14-5-2-3-6-14/h4,7-8,13-16,30H,2-3,5-6,9-12H2,1H3,(H,22,23,28)/t15-,16+/m1/s1. The Morgan fingerprint density at radius 2 is 2.10 bits per heavy atom. The normalized spacial score (nSPS) is 20.9. The number of carbonyl (C=O) groups is 3. The van der Waals surface area contributed by atoms with Crippen molar-refractivity contribution in [3.8, 4) is 0 Å². The van der Waals surface area contributed by atoms with E-state index >= 15 is 0 Å². The first-order valence-corrected chi connectivity index (χ1v) is 10.3. The lowest BCUT2D eigenvalue weighted by Crippen LogP contribution is -2.52. The van der Waals surface area contributed by atoms with Crippen LogP contribution in [-0.2, 0) is 14.4 Å². The van der Waals surface area contributed by atoms with Gasteiger partial charge in [0.1, 0.15) is 11.9 Å². The van der Waals surface area contributed by atoms with E-state index in [9.17, 15) is 24.0 Å². The van der Waals surface area contributed by atoms with Crippen molar-refractivity contribution in [2.75, 3.05) is 25.5 Å². The predicted molar refractivity (Wildman–Crippen MR) is 105 cm³/mol. The Balaban J connectivity index is 1.74. The molecular formula is C20H28FN5O4. The molecule has 0 bridgehead atoms. The summed E-state index contributed by atoms with van der Waals surface area (Å²) in [5, 5.41) is 15.8. The molecule has 2 aliphatic rings. The summed E-state index contributed by atoms with van der Waals surface area (Å²) in [5.41, 5.74) is 0. The number of aromatic nitrogens is 1. The number of pyridine rings is 1. The van der Waals surface area contributed by atoms with Crippen LogP contribution < -0.4 is 5.32 Å². The number of anilines is 1. The monoisotopic (exact) mass is 421 g/mol. The van der Waals surface area contributed by atoms with Crippen LogP contribution in [-0.4, -0.2) is 69.7 Å². The van der Waals surface area contributed by atoms with Crippen molar-refractivity contribution < 1.29 is 24.0 Å². The lowest BCUT2D eigenvalue weighted by Gasteiger charge is -2.33. The van der Waals surface area contributed by atoms with E-state index in [-0.39, 0.29) is 24.7 Å². The fourth-order valence-electron chi connectivity index (χ4n) is 4.39. The Morgan fingerprint density at radius 3 is 2.77 bits per heavy atom. The van der Waals surface area contributed by atoms with E-state index in [0.717, 1.165) is 25.7 Å².